The summed E-state index contributed by atoms with van der Waals surface area (Å²) in [5.74, 6) is -0.249. The molecule has 0 saturated carbocycles. The van der Waals surface area contributed by atoms with Gasteiger partial charge in [0.2, 0.25) is 0 Å². The fourth-order valence-corrected chi connectivity index (χ4v) is 5.53. The molecule has 1 amide bonds. The molecule has 0 fully saturated rings. The van der Waals surface area contributed by atoms with E-state index in [1.807, 2.05) is 32.0 Å². The molecule has 0 radical (unpaired) electrons. The van der Waals surface area contributed by atoms with E-state index in [1.165, 1.54) is 23.5 Å². The molecule has 0 spiro atoms. The third-order valence-electron chi connectivity index (χ3n) is 5.66. The van der Waals surface area contributed by atoms with Gasteiger partial charge in [-0.05, 0) is 80.8 Å². The van der Waals surface area contributed by atoms with Gasteiger partial charge >= 0.3 is 0 Å². The Morgan fingerprint density at radius 3 is 2.42 bits per heavy atom. The zero-order chi connectivity index (χ0) is 23.8. The minimum atomic E-state index is -3.41. The minimum Gasteiger partial charge on any atom is -0.279 e. The number of anilines is 1. The molecule has 2 aromatic carbocycles. The lowest BCUT2D eigenvalue weighted by Gasteiger charge is -2.20. The zero-order valence-electron chi connectivity index (χ0n) is 18.9. The second-order valence-corrected chi connectivity index (χ2v) is 11.7. The Hall–Kier alpha value is -3.10. The van der Waals surface area contributed by atoms with Gasteiger partial charge < -0.3 is 0 Å². The van der Waals surface area contributed by atoms with Crippen LogP contribution >= 0.6 is 11.3 Å². The van der Waals surface area contributed by atoms with Crippen LogP contribution in [0.2, 0.25) is 0 Å². The number of fused-ring (bicyclic) bond motifs is 1. The van der Waals surface area contributed by atoms with Crippen molar-refractivity contribution in [3.63, 3.8) is 0 Å². The molecule has 170 valence electrons. The molecule has 0 aliphatic rings. The lowest BCUT2D eigenvalue weighted by molar-refractivity contribution is 0.0985. The van der Waals surface area contributed by atoms with E-state index in [1.54, 1.807) is 43.3 Å². The van der Waals surface area contributed by atoms with Crippen LogP contribution < -0.4 is 4.90 Å². The smallest absolute Gasteiger partial charge is 0.260 e. The first-order chi connectivity index (χ1) is 15.7. The number of thiazole rings is 1. The van der Waals surface area contributed by atoms with Crippen LogP contribution in [-0.4, -0.2) is 29.5 Å². The lowest BCUT2D eigenvalue weighted by Crippen LogP contribution is -2.30. The van der Waals surface area contributed by atoms with Crippen LogP contribution in [0.4, 0.5) is 5.13 Å². The first-order valence-corrected chi connectivity index (χ1v) is 13.0. The van der Waals surface area contributed by atoms with Gasteiger partial charge in [0, 0.05) is 18.0 Å². The highest BCUT2D eigenvalue weighted by Crippen LogP contribution is 2.33. The summed E-state index contributed by atoms with van der Waals surface area (Å²) in [4.78, 5) is 24.4. The van der Waals surface area contributed by atoms with Crippen LogP contribution in [0.1, 0.15) is 40.9 Å². The first-order valence-electron chi connectivity index (χ1n) is 10.6. The summed E-state index contributed by atoms with van der Waals surface area (Å²) < 4.78 is 25.9. The molecule has 0 unspecified atom stereocenters. The molecule has 33 heavy (non-hydrogen) atoms. The Morgan fingerprint density at radius 2 is 1.79 bits per heavy atom. The van der Waals surface area contributed by atoms with E-state index in [4.69, 9.17) is 4.98 Å². The first kappa shape index (κ1) is 23.1. The topological polar surface area (TPSA) is 80.2 Å². The molecule has 0 aliphatic heterocycles. The molecule has 8 heteroatoms. The van der Waals surface area contributed by atoms with Crippen molar-refractivity contribution in [2.24, 2.45) is 0 Å². The molecule has 6 nitrogen and oxygen atoms in total. The van der Waals surface area contributed by atoms with Gasteiger partial charge in [-0.2, -0.15) is 0 Å². The van der Waals surface area contributed by atoms with Gasteiger partial charge in [0.1, 0.15) is 0 Å². The highest BCUT2D eigenvalue weighted by molar-refractivity contribution is 7.92. The number of nitrogens with zero attached hydrogens (tertiary/aromatic N) is 3. The molecular formula is C25H25N3O3S2. The summed E-state index contributed by atoms with van der Waals surface area (Å²) in [5, 5.41) is 0.0574. The Kier molecular flexibility index (Phi) is 6.32. The van der Waals surface area contributed by atoms with Gasteiger partial charge in [0.15, 0.2) is 15.0 Å². The lowest BCUT2D eigenvalue weighted by atomic mass is 10.1. The zero-order valence-corrected chi connectivity index (χ0v) is 20.6. The fraction of sp³-hybridized carbons (Fsp3) is 0.240. The number of aromatic nitrogens is 2. The average Bonchev–Trinajstić information content (AvgIpc) is 3.25. The van der Waals surface area contributed by atoms with Crippen molar-refractivity contribution in [3.8, 4) is 0 Å². The molecule has 2 aromatic heterocycles. The normalized spacial score (nSPS) is 11.8. The van der Waals surface area contributed by atoms with E-state index in [0.29, 0.717) is 17.2 Å². The van der Waals surface area contributed by atoms with Crippen LogP contribution in [0.3, 0.4) is 0 Å². The van der Waals surface area contributed by atoms with Gasteiger partial charge in [0.05, 0.1) is 26.9 Å². The van der Waals surface area contributed by atoms with E-state index < -0.39 is 15.1 Å². The van der Waals surface area contributed by atoms with Gasteiger partial charge in [-0.1, -0.05) is 23.5 Å². The number of benzene rings is 2. The van der Waals surface area contributed by atoms with Crippen molar-refractivity contribution >= 4 is 42.4 Å². The van der Waals surface area contributed by atoms with Crippen LogP contribution in [0.5, 0.6) is 0 Å². The highest BCUT2D eigenvalue weighted by atomic mass is 32.2. The molecule has 0 N–H and O–H groups in total. The van der Waals surface area contributed by atoms with Crippen LogP contribution in [0, 0.1) is 13.8 Å². The summed E-state index contributed by atoms with van der Waals surface area (Å²) >= 11 is 1.46. The number of pyridine rings is 1. The number of hydrogen-bond donors (Lipinski definition) is 0. The SMILES string of the molecule is Cc1ccc2sc(N(Cc3cccnc3)C(=O)c3ccc(S(=O)(=O)C(C)C)cc3)nc2c1C. The third kappa shape index (κ3) is 4.54. The van der Waals surface area contributed by atoms with Crippen molar-refractivity contribution < 1.29 is 13.2 Å². The van der Waals surface area contributed by atoms with Crippen molar-refractivity contribution in [2.75, 3.05) is 4.90 Å². The monoisotopic (exact) mass is 479 g/mol. The van der Waals surface area contributed by atoms with E-state index in [9.17, 15) is 13.2 Å². The molecule has 4 aromatic rings. The Balaban J connectivity index is 1.75. The van der Waals surface area contributed by atoms with Crippen molar-refractivity contribution in [1.82, 2.24) is 9.97 Å². The standard InChI is InChI=1S/C25H25N3O3S2/c1-16(2)33(30,31)21-10-8-20(9-11-21)24(29)28(15-19-6-5-13-26-14-19)25-27-23-18(4)17(3)7-12-22(23)32-25/h5-14,16H,15H2,1-4H3. The molecule has 0 saturated heterocycles. The quantitative estimate of drug-likeness (QED) is 0.373. The summed E-state index contributed by atoms with van der Waals surface area (Å²) in [5.41, 5.74) is 4.39. The predicted molar refractivity (Wildman–Crippen MR) is 133 cm³/mol. The van der Waals surface area contributed by atoms with Crippen molar-refractivity contribution in [3.05, 3.63) is 83.2 Å². The number of amides is 1. The van der Waals surface area contributed by atoms with E-state index >= 15 is 0 Å². The maximum absolute atomic E-state index is 13.6. The molecule has 0 aliphatic carbocycles. The highest BCUT2D eigenvalue weighted by Gasteiger charge is 2.24. The van der Waals surface area contributed by atoms with Crippen LogP contribution in [0.15, 0.2) is 65.8 Å². The Labute approximate surface area is 197 Å². The number of carbonyl (C=O) groups excluding carboxylic acids is 1. The van der Waals surface area contributed by atoms with Crippen molar-refractivity contribution in [1.29, 1.82) is 0 Å². The number of hydrogen-bond acceptors (Lipinski definition) is 6. The van der Waals surface area contributed by atoms with Crippen LogP contribution in [-0.2, 0) is 16.4 Å². The van der Waals surface area contributed by atoms with E-state index in [0.717, 1.165) is 26.9 Å². The Bertz CT molecular complexity index is 1410. The molecule has 4 rings (SSSR count). The molecule has 0 bridgehead atoms. The van der Waals surface area contributed by atoms with E-state index in [2.05, 4.69) is 11.1 Å². The fourth-order valence-electron chi connectivity index (χ4n) is 3.45. The summed E-state index contributed by atoms with van der Waals surface area (Å²) in [7, 11) is -3.41. The number of sulfone groups is 1. The maximum Gasteiger partial charge on any atom is 0.260 e. The predicted octanol–water partition coefficient (Wildman–Crippen LogP) is 5.34. The number of aryl methyl sites for hydroxylation is 2. The van der Waals surface area contributed by atoms with Gasteiger partial charge in [-0.15, -0.1) is 0 Å². The van der Waals surface area contributed by atoms with Gasteiger partial charge in [0.25, 0.3) is 5.91 Å². The van der Waals surface area contributed by atoms with Crippen molar-refractivity contribution in [2.45, 2.75) is 44.4 Å². The average molecular weight is 480 g/mol. The largest absolute Gasteiger partial charge is 0.279 e. The molecule has 0 atom stereocenters. The van der Waals surface area contributed by atoms with Crippen LogP contribution in [0.25, 0.3) is 10.2 Å². The second kappa shape index (κ2) is 9.03. The molecular weight excluding hydrogens is 454 g/mol. The minimum absolute atomic E-state index is 0.207. The molecule has 2 heterocycles. The number of carbonyl (C=O) groups is 1. The van der Waals surface area contributed by atoms with Gasteiger partial charge in [-0.3, -0.25) is 14.7 Å². The second-order valence-electron chi connectivity index (χ2n) is 8.22. The summed E-state index contributed by atoms with van der Waals surface area (Å²) in [6.07, 6.45) is 3.41. The summed E-state index contributed by atoms with van der Waals surface area (Å²) in [6.45, 7) is 7.65. The third-order valence-corrected chi connectivity index (χ3v) is 8.88. The van der Waals surface area contributed by atoms with E-state index in [-0.39, 0.29) is 10.8 Å². The Morgan fingerprint density at radius 1 is 1.06 bits per heavy atom. The maximum atomic E-state index is 13.6. The summed E-state index contributed by atoms with van der Waals surface area (Å²) in [6, 6.07) is 13.9. The number of rotatable bonds is 6. The van der Waals surface area contributed by atoms with Gasteiger partial charge in [-0.25, -0.2) is 13.4 Å².